The smallest absolute Gasteiger partial charge is 0.269 e. The second kappa shape index (κ2) is 3.81. The molecule has 1 atom stereocenters. The van der Waals surface area contributed by atoms with Gasteiger partial charge < -0.3 is 5.32 Å². The van der Waals surface area contributed by atoms with Crippen molar-refractivity contribution in [2.24, 2.45) is 5.41 Å². The van der Waals surface area contributed by atoms with Gasteiger partial charge in [-0.2, -0.15) is 0 Å². The summed E-state index contributed by atoms with van der Waals surface area (Å²) in [6.07, 6.45) is 3.77. The van der Waals surface area contributed by atoms with Crippen LogP contribution >= 0.6 is 0 Å². The van der Waals surface area contributed by atoms with Gasteiger partial charge in [0.15, 0.2) is 0 Å². The second-order valence-electron chi connectivity index (χ2n) is 5.22. The topological polar surface area (TPSA) is 55.2 Å². The Morgan fingerprint density at radius 2 is 2.18 bits per heavy atom. The minimum absolute atomic E-state index is 0.212. The molecule has 1 saturated heterocycles. The first-order valence-electron chi connectivity index (χ1n) is 6.16. The number of nitro groups is 1. The minimum Gasteiger partial charge on any atom is -0.316 e. The molecule has 1 aromatic carbocycles. The molecule has 1 spiro atoms. The largest absolute Gasteiger partial charge is 0.316 e. The molecule has 4 nitrogen and oxygen atoms in total. The van der Waals surface area contributed by atoms with Crippen molar-refractivity contribution in [3.8, 4) is 0 Å². The molecule has 0 aromatic heterocycles. The molecule has 1 saturated carbocycles. The fourth-order valence-corrected chi connectivity index (χ4v) is 3.06. The highest BCUT2D eigenvalue weighted by Gasteiger charge is 2.50. The maximum Gasteiger partial charge on any atom is 0.269 e. The zero-order valence-electron chi connectivity index (χ0n) is 9.69. The van der Waals surface area contributed by atoms with Crippen LogP contribution in [0.1, 0.15) is 30.7 Å². The van der Waals surface area contributed by atoms with Crippen LogP contribution in [0.5, 0.6) is 0 Å². The Bertz CT molecular complexity index is 454. The van der Waals surface area contributed by atoms with Crippen LogP contribution in [0.4, 0.5) is 5.69 Å². The number of hydrogen-bond acceptors (Lipinski definition) is 3. The fourth-order valence-electron chi connectivity index (χ4n) is 3.06. The minimum atomic E-state index is -0.306. The van der Waals surface area contributed by atoms with Crippen LogP contribution in [0.15, 0.2) is 24.3 Å². The number of hydrogen-bond donors (Lipinski definition) is 1. The maximum absolute atomic E-state index is 10.8. The molecule has 1 aliphatic carbocycles. The fraction of sp³-hybridized carbons (Fsp3) is 0.538. The van der Waals surface area contributed by atoms with Crippen LogP contribution in [0.2, 0.25) is 0 Å². The lowest BCUT2D eigenvalue weighted by Gasteiger charge is -2.32. The van der Waals surface area contributed by atoms with Crippen LogP contribution in [0.3, 0.4) is 0 Å². The molecule has 1 unspecified atom stereocenters. The van der Waals surface area contributed by atoms with E-state index in [1.807, 2.05) is 6.07 Å². The molecule has 90 valence electrons. The molecule has 1 N–H and O–H groups in total. The van der Waals surface area contributed by atoms with Gasteiger partial charge >= 0.3 is 0 Å². The van der Waals surface area contributed by atoms with Crippen molar-refractivity contribution >= 4 is 5.69 Å². The van der Waals surface area contributed by atoms with Gasteiger partial charge in [0.25, 0.3) is 5.69 Å². The molecule has 0 bridgehead atoms. The summed E-state index contributed by atoms with van der Waals surface area (Å²) in [5, 5.41) is 14.2. The SMILES string of the molecule is O=[N+]([O-])c1cccc(C2CNCCC23CC3)c1. The van der Waals surface area contributed by atoms with Gasteiger partial charge in [-0.15, -0.1) is 0 Å². The summed E-state index contributed by atoms with van der Waals surface area (Å²) in [5.74, 6) is 0.455. The highest BCUT2D eigenvalue weighted by atomic mass is 16.6. The summed E-state index contributed by atoms with van der Waals surface area (Å²) in [7, 11) is 0. The van der Waals surface area contributed by atoms with Crippen LogP contribution in [-0.4, -0.2) is 18.0 Å². The summed E-state index contributed by atoms with van der Waals surface area (Å²) in [6.45, 7) is 2.05. The van der Waals surface area contributed by atoms with Crippen LogP contribution in [0, 0.1) is 15.5 Å². The Balaban J connectivity index is 1.92. The third kappa shape index (κ3) is 1.82. The third-order valence-electron chi connectivity index (χ3n) is 4.26. The third-order valence-corrected chi connectivity index (χ3v) is 4.26. The van der Waals surface area contributed by atoms with Crippen molar-refractivity contribution in [2.45, 2.75) is 25.2 Å². The van der Waals surface area contributed by atoms with Gasteiger partial charge in [-0.3, -0.25) is 10.1 Å². The average Bonchev–Trinajstić information content (AvgIpc) is 3.10. The zero-order chi connectivity index (χ0) is 11.9. The average molecular weight is 232 g/mol. The van der Waals surface area contributed by atoms with Crippen molar-refractivity contribution in [1.29, 1.82) is 0 Å². The monoisotopic (exact) mass is 232 g/mol. The van der Waals surface area contributed by atoms with E-state index < -0.39 is 0 Å². The number of nitrogens with one attached hydrogen (secondary N) is 1. The summed E-state index contributed by atoms with van der Waals surface area (Å²) in [4.78, 5) is 10.5. The van der Waals surface area contributed by atoms with Crippen LogP contribution < -0.4 is 5.32 Å². The first kappa shape index (κ1) is 10.7. The van der Waals surface area contributed by atoms with Gasteiger partial charge in [-0.1, -0.05) is 12.1 Å². The molecule has 0 radical (unpaired) electrons. The van der Waals surface area contributed by atoms with Gasteiger partial charge in [-0.25, -0.2) is 0 Å². The molecule has 1 aromatic rings. The van der Waals surface area contributed by atoms with E-state index in [0.717, 1.165) is 18.7 Å². The first-order valence-corrected chi connectivity index (χ1v) is 6.16. The number of benzene rings is 1. The van der Waals surface area contributed by atoms with Crippen LogP contribution in [0.25, 0.3) is 0 Å². The quantitative estimate of drug-likeness (QED) is 0.629. The van der Waals surface area contributed by atoms with Gasteiger partial charge in [0.05, 0.1) is 4.92 Å². The Morgan fingerprint density at radius 3 is 2.88 bits per heavy atom. The normalized spacial score (nSPS) is 25.8. The van der Waals surface area contributed by atoms with Gasteiger partial charge in [0, 0.05) is 24.6 Å². The summed E-state index contributed by atoms with van der Waals surface area (Å²) >= 11 is 0. The van der Waals surface area contributed by atoms with Crippen molar-refractivity contribution in [3.05, 3.63) is 39.9 Å². The van der Waals surface area contributed by atoms with E-state index in [1.54, 1.807) is 18.2 Å². The van der Waals surface area contributed by atoms with E-state index in [1.165, 1.54) is 19.3 Å². The highest BCUT2D eigenvalue weighted by molar-refractivity contribution is 5.38. The van der Waals surface area contributed by atoms with Gasteiger partial charge in [0.1, 0.15) is 0 Å². The lowest BCUT2D eigenvalue weighted by molar-refractivity contribution is -0.384. The van der Waals surface area contributed by atoms with E-state index in [9.17, 15) is 10.1 Å². The Kier molecular flexibility index (Phi) is 2.40. The molecule has 4 heteroatoms. The second-order valence-corrected chi connectivity index (χ2v) is 5.22. The predicted molar refractivity (Wildman–Crippen MR) is 65.0 cm³/mol. The number of non-ortho nitro benzene ring substituents is 1. The maximum atomic E-state index is 10.8. The van der Waals surface area contributed by atoms with Crippen LogP contribution in [-0.2, 0) is 0 Å². The van der Waals surface area contributed by atoms with E-state index in [0.29, 0.717) is 11.3 Å². The van der Waals surface area contributed by atoms with Gasteiger partial charge in [-0.05, 0) is 36.8 Å². The molecular weight excluding hydrogens is 216 g/mol. The van der Waals surface area contributed by atoms with Crippen molar-refractivity contribution in [1.82, 2.24) is 5.32 Å². The standard InChI is InChI=1S/C13H16N2O2/c16-15(17)11-3-1-2-10(8-11)12-9-14-7-6-13(12)4-5-13/h1-3,8,12,14H,4-7,9H2. The zero-order valence-corrected chi connectivity index (χ0v) is 9.69. The Labute approximate surface area is 100 Å². The van der Waals surface area contributed by atoms with E-state index in [-0.39, 0.29) is 10.6 Å². The molecule has 2 fully saturated rings. The highest BCUT2D eigenvalue weighted by Crippen LogP contribution is 2.59. The number of rotatable bonds is 2. The number of piperidine rings is 1. The van der Waals surface area contributed by atoms with Crippen molar-refractivity contribution in [3.63, 3.8) is 0 Å². The van der Waals surface area contributed by atoms with Gasteiger partial charge in [0.2, 0.25) is 0 Å². The summed E-state index contributed by atoms with van der Waals surface area (Å²) in [6, 6.07) is 7.15. The van der Waals surface area contributed by atoms with E-state index in [2.05, 4.69) is 5.32 Å². The Hall–Kier alpha value is -1.42. The lowest BCUT2D eigenvalue weighted by atomic mass is 9.78. The molecule has 1 heterocycles. The summed E-state index contributed by atoms with van der Waals surface area (Å²) < 4.78 is 0. The molecule has 3 rings (SSSR count). The van der Waals surface area contributed by atoms with Crippen molar-refractivity contribution in [2.75, 3.05) is 13.1 Å². The lowest BCUT2D eigenvalue weighted by Crippen LogP contribution is -2.36. The Morgan fingerprint density at radius 1 is 1.35 bits per heavy atom. The molecule has 0 amide bonds. The summed E-state index contributed by atoms with van der Waals surface area (Å²) in [5.41, 5.74) is 1.79. The number of nitro benzene ring substituents is 1. The molecule has 17 heavy (non-hydrogen) atoms. The molecule has 1 aliphatic heterocycles. The first-order chi connectivity index (χ1) is 8.21. The predicted octanol–water partition coefficient (Wildman–Crippen LogP) is 2.45. The molecular formula is C13H16N2O2. The van der Waals surface area contributed by atoms with E-state index >= 15 is 0 Å². The van der Waals surface area contributed by atoms with Crippen molar-refractivity contribution < 1.29 is 4.92 Å². The molecule has 2 aliphatic rings. The van der Waals surface area contributed by atoms with E-state index in [4.69, 9.17) is 0 Å². The number of nitrogens with zero attached hydrogens (tertiary/aromatic N) is 1.